The molecule has 1 aliphatic heterocycles. The predicted octanol–water partition coefficient (Wildman–Crippen LogP) is 3.23. The third-order valence-corrected chi connectivity index (χ3v) is 5.13. The average molecular weight is 376 g/mol. The standard InChI is InChI=1S/C22H24N4O2/c1-25-11-6-12-26(14-13-25)21-20(16-7-4-3-5-8-16)23-18-10-9-17(22(27)28-2)15-19(18)24-21/h3-5,7-10,15H,6,11-14H2,1-2H3. The monoisotopic (exact) mass is 376 g/mol. The Morgan fingerprint density at radius 2 is 1.79 bits per heavy atom. The molecule has 1 aliphatic rings. The van der Waals surface area contributed by atoms with Crippen LogP contribution in [0, 0.1) is 0 Å². The molecule has 144 valence electrons. The molecule has 3 aromatic rings. The second-order valence-corrected chi connectivity index (χ2v) is 7.10. The Kier molecular flexibility index (Phi) is 5.21. The van der Waals surface area contributed by atoms with Gasteiger partial charge in [-0.25, -0.2) is 14.8 Å². The number of benzene rings is 2. The summed E-state index contributed by atoms with van der Waals surface area (Å²) in [5.41, 5.74) is 3.88. The number of aromatic nitrogens is 2. The molecule has 1 fully saturated rings. The molecule has 0 radical (unpaired) electrons. The molecule has 6 nitrogen and oxygen atoms in total. The van der Waals surface area contributed by atoms with Crippen LogP contribution in [0.3, 0.4) is 0 Å². The fraction of sp³-hybridized carbons (Fsp3) is 0.318. The summed E-state index contributed by atoms with van der Waals surface area (Å²) in [7, 11) is 3.53. The SMILES string of the molecule is COC(=O)c1ccc2nc(-c3ccccc3)c(N3CCCN(C)CC3)nc2c1. The Bertz CT molecular complexity index is 990. The molecule has 1 aromatic heterocycles. The predicted molar refractivity (Wildman–Crippen MR) is 111 cm³/mol. The fourth-order valence-electron chi connectivity index (χ4n) is 3.56. The first-order valence-electron chi connectivity index (χ1n) is 9.55. The lowest BCUT2D eigenvalue weighted by Crippen LogP contribution is -2.30. The number of methoxy groups -OCH3 is 1. The number of carbonyl (C=O) groups is 1. The normalized spacial score (nSPS) is 15.4. The number of rotatable bonds is 3. The number of likely N-dealkylation sites (N-methyl/N-ethyl adjacent to an activating group) is 1. The minimum atomic E-state index is -0.367. The summed E-state index contributed by atoms with van der Waals surface area (Å²) in [5.74, 6) is 0.504. The number of carbonyl (C=O) groups excluding carboxylic acids is 1. The van der Waals surface area contributed by atoms with E-state index >= 15 is 0 Å². The zero-order valence-corrected chi connectivity index (χ0v) is 16.3. The highest BCUT2D eigenvalue weighted by Gasteiger charge is 2.20. The van der Waals surface area contributed by atoms with Crippen LogP contribution in [-0.2, 0) is 4.74 Å². The molecule has 0 N–H and O–H groups in total. The Balaban J connectivity index is 1.86. The third-order valence-electron chi connectivity index (χ3n) is 5.13. The number of ether oxygens (including phenoxy) is 1. The first-order valence-corrected chi connectivity index (χ1v) is 9.55. The molecule has 0 bridgehead atoms. The molecule has 0 unspecified atom stereocenters. The Hall–Kier alpha value is -2.99. The van der Waals surface area contributed by atoms with Gasteiger partial charge in [0.15, 0.2) is 5.82 Å². The average Bonchev–Trinajstić information content (AvgIpc) is 2.96. The zero-order valence-electron chi connectivity index (χ0n) is 16.3. The van der Waals surface area contributed by atoms with Crippen molar-refractivity contribution in [1.82, 2.24) is 14.9 Å². The maximum Gasteiger partial charge on any atom is 0.337 e. The van der Waals surface area contributed by atoms with Crippen LogP contribution in [0.15, 0.2) is 48.5 Å². The van der Waals surface area contributed by atoms with Gasteiger partial charge in [-0.15, -0.1) is 0 Å². The number of anilines is 1. The van der Waals surface area contributed by atoms with E-state index in [1.165, 1.54) is 7.11 Å². The summed E-state index contributed by atoms with van der Waals surface area (Å²) in [6, 6.07) is 15.5. The molecule has 6 heteroatoms. The van der Waals surface area contributed by atoms with Crippen molar-refractivity contribution in [2.24, 2.45) is 0 Å². The highest BCUT2D eigenvalue weighted by molar-refractivity contribution is 5.94. The number of hydrogen-bond donors (Lipinski definition) is 0. The molecule has 0 spiro atoms. The van der Waals surface area contributed by atoms with Crippen LogP contribution in [0.1, 0.15) is 16.8 Å². The van der Waals surface area contributed by atoms with E-state index in [1.807, 2.05) is 24.3 Å². The summed E-state index contributed by atoms with van der Waals surface area (Å²) in [5, 5.41) is 0. The third kappa shape index (κ3) is 3.68. The van der Waals surface area contributed by atoms with Crippen molar-refractivity contribution >= 4 is 22.8 Å². The van der Waals surface area contributed by atoms with Crippen LogP contribution in [0.25, 0.3) is 22.3 Å². The number of fused-ring (bicyclic) bond motifs is 1. The molecule has 0 amide bonds. The summed E-state index contributed by atoms with van der Waals surface area (Å²) in [4.78, 5) is 26.5. The molecule has 28 heavy (non-hydrogen) atoms. The minimum Gasteiger partial charge on any atom is -0.465 e. The van der Waals surface area contributed by atoms with E-state index in [-0.39, 0.29) is 5.97 Å². The molecule has 4 rings (SSSR count). The largest absolute Gasteiger partial charge is 0.465 e. The molecule has 0 saturated carbocycles. The van der Waals surface area contributed by atoms with Crippen molar-refractivity contribution < 1.29 is 9.53 Å². The first-order chi connectivity index (χ1) is 13.7. The van der Waals surface area contributed by atoms with Gasteiger partial charge in [-0.05, 0) is 38.2 Å². The van der Waals surface area contributed by atoms with Gasteiger partial charge in [0.2, 0.25) is 0 Å². The van der Waals surface area contributed by atoms with E-state index in [0.29, 0.717) is 11.1 Å². The van der Waals surface area contributed by atoms with Gasteiger partial charge in [-0.3, -0.25) is 0 Å². The van der Waals surface area contributed by atoms with Crippen LogP contribution in [0.4, 0.5) is 5.82 Å². The molecule has 0 atom stereocenters. The van der Waals surface area contributed by atoms with Crippen LogP contribution in [0.5, 0.6) is 0 Å². The Morgan fingerprint density at radius 3 is 2.57 bits per heavy atom. The van der Waals surface area contributed by atoms with E-state index in [0.717, 1.165) is 55.2 Å². The highest BCUT2D eigenvalue weighted by Crippen LogP contribution is 2.30. The van der Waals surface area contributed by atoms with E-state index in [2.05, 4.69) is 29.0 Å². The van der Waals surface area contributed by atoms with E-state index in [4.69, 9.17) is 14.7 Å². The topological polar surface area (TPSA) is 58.6 Å². The number of hydrogen-bond acceptors (Lipinski definition) is 6. The van der Waals surface area contributed by atoms with Crippen LogP contribution >= 0.6 is 0 Å². The second kappa shape index (κ2) is 7.94. The van der Waals surface area contributed by atoms with Gasteiger partial charge >= 0.3 is 5.97 Å². The number of esters is 1. The first kappa shape index (κ1) is 18.4. The fourth-order valence-corrected chi connectivity index (χ4v) is 3.56. The van der Waals surface area contributed by atoms with Gasteiger partial charge in [0.05, 0.1) is 23.7 Å². The van der Waals surface area contributed by atoms with Gasteiger partial charge < -0.3 is 14.5 Å². The second-order valence-electron chi connectivity index (χ2n) is 7.10. The molecular formula is C22H24N4O2. The van der Waals surface area contributed by atoms with E-state index in [1.54, 1.807) is 12.1 Å². The van der Waals surface area contributed by atoms with Gasteiger partial charge in [0.25, 0.3) is 0 Å². The summed E-state index contributed by atoms with van der Waals surface area (Å²) >= 11 is 0. The van der Waals surface area contributed by atoms with E-state index < -0.39 is 0 Å². The van der Waals surface area contributed by atoms with Gasteiger partial charge in [0, 0.05) is 25.2 Å². The lowest BCUT2D eigenvalue weighted by Gasteiger charge is -2.24. The van der Waals surface area contributed by atoms with Crippen LogP contribution in [-0.4, -0.2) is 61.2 Å². The van der Waals surface area contributed by atoms with Crippen LogP contribution in [0.2, 0.25) is 0 Å². The Labute approximate surface area is 164 Å². The summed E-state index contributed by atoms with van der Waals surface area (Å²) in [6.45, 7) is 3.88. The van der Waals surface area contributed by atoms with Crippen LogP contribution < -0.4 is 4.90 Å². The quantitative estimate of drug-likeness (QED) is 0.654. The summed E-state index contributed by atoms with van der Waals surface area (Å²) in [6.07, 6.45) is 1.08. The lowest BCUT2D eigenvalue weighted by atomic mass is 10.1. The molecular weight excluding hydrogens is 352 g/mol. The van der Waals surface area contributed by atoms with Crippen molar-refractivity contribution in [3.8, 4) is 11.3 Å². The molecule has 0 aliphatic carbocycles. The van der Waals surface area contributed by atoms with Gasteiger partial charge in [0.1, 0.15) is 5.69 Å². The van der Waals surface area contributed by atoms with Crippen molar-refractivity contribution in [2.75, 3.05) is 45.2 Å². The van der Waals surface area contributed by atoms with Crippen molar-refractivity contribution in [2.45, 2.75) is 6.42 Å². The molecule has 2 aromatic carbocycles. The lowest BCUT2D eigenvalue weighted by molar-refractivity contribution is 0.0601. The zero-order chi connectivity index (χ0) is 19.5. The molecule has 2 heterocycles. The minimum absolute atomic E-state index is 0.367. The van der Waals surface area contributed by atoms with Crippen molar-refractivity contribution in [3.05, 3.63) is 54.1 Å². The van der Waals surface area contributed by atoms with Gasteiger partial charge in [-0.1, -0.05) is 30.3 Å². The smallest absolute Gasteiger partial charge is 0.337 e. The molecule has 1 saturated heterocycles. The van der Waals surface area contributed by atoms with Crippen molar-refractivity contribution in [3.63, 3.8) is 0 Å². The number of nitrogens with zero attached hydrogens (tertiary/aromatic N) is 4. The maximum atomic E-state index is 11.9. The maximum absolute atomic E-state index is 11.9. The van der Waals surface area contributed by atoms with Gasteiger partial charge in [-0.2, -0.15) is 0 Å². The highest BCUT2D eigenvalue weighted by atomic mass is 16.5. The summed E-state index contributed by atoms with van der Waals surface area (Å²) < 4.78 is 4.85. The van der Waals surface area contributed by atoms with E-state index in [9.17, 15) is 4.79 Å². The Morgan fingerprint density at radius 1 is 0.964 bits per heavy atom. The van der Waals surface area contributed by atoms with Crippen molar-refractivity contribution in [1.29, 1.82) is 0 Å².